The second kappa shape index (κ2) is 4.75. The van der Waals surface area contributed by atoms with Gasteiger partial charge in [-0.25, -0.2) is 4.39 Å². The molecule has 18 heavy (non-hydrogen) atoms. The lowest BCUT2D eigenvalue weighted by molar-refractivity contribution is 0.214. The van der Waals surface area contributed by atoms with E-state index in [1.54, 1.807) is 6.07 Å². The van der Waals surface area contributed by atoms with Gasteiger partial charge >= 0.3 is 0 Å². The van der Waals surface area contributed by atoms with Crippen molar-refractivity contribution in [3.8, 4) is 0 Å². The number of hydrogen-bond acceptors (Lipinski definition) is 1. The average molecular weight is 268 g/mol. The molecule has 4 heteroatoms. The molecule has 96 valence electrons. The number of aromatic nitrogens is 1. The molecule has 2 rings (SSSR count). The van der Waals surface area contributed by atoms with Crippen LogP contribution in [0.25, 0.3) is 0 Å². The van der Waals surface area contributed by atoms with Gasteiger partial charge in [-0.15, -0.1) is 0 Å². The standard InChI is InChI=1S/C14H15ClFNO/c1-7-8(2)13(17-9(7)3)14(18)10-5-4-6-11(16)12(10)15/h4-6,14,17-18H,1-3H3. The van der Waals surface area contributed by atoms with Crippen molar-refractivity contribution in [2.75, 3.05) is 0 Å². The first-order valence-electron chi connectivity index (χ1n) is 5.71. The van der Waals surface area contributed by atoms with Crippen LogP contribution < -0.4 is 0 Å². The number of nitrogens with one attached hydrogen (secondary N) is 1. The van der Waals surface area contributed by atoms with Crippen LogP contribution in [0.2, 0.25) is 5.02 Å². The SMILES string of the molecule is Cc1[nH]c(C(O)c2cccc(F)c2Cl)c(C)c1C. The van der Waals surface area contributed by atoms with E-state index in [9.17, 15) is 9.50 Å². The van der Waals surface area contributed by atoms with Crippen molar-refractivity contribution in [1.29, 1.82) is 0 Å². The Bertz CT molecular complexity index is 592. The Kier molecular flexibility index (Phi) is 3.46. The van der Waals surface area contributed by atoms with Crippen LogP contribution in [0.3, 0.4) is 0 Å². The predicted molar refractivity (Wildman–Crippen MR) is 70.5 cm³/mol. The van der Waals surface area contributed by atoms with Crippen molar-refractivity contribution in [2.45, 2.75) is 26.9 Å². The number of aryl methyl sites for hydroxylation is 1. The van der Waals surface area contributed by atoms with Crippen LogP contribution in [-0.4, -0.2) is 10.1 Å². The Hall–Kier alpha value is -1.32. The van der Waals surface area contributed by atoms with E-state index in [1.165, 1.54) is 12.1 Å². The molecular weight excluding hydrogens is 253 g/mol. The molecule has 1 aromatic heterocycles. The lowest BCUT2D eigenvalue weighted by atomic mass is 10.0. The van der Waals surface area contributed by atoms with E-state index in [2.05, 4.69) is 4.98 Å². The smallest absolute Gasteiger partial charge is 0.142 e. The largest absolute Gasteiger partial charge is 0.382 e. The highest BCUT2D eigenvalue weighted by molar-refractivity contribution is 6.31. The second-order valence-corrected chi connectivity index (χ2v) is 4.84. The monoisotopic (exact) mass is 267 g/mol. The molecule has 1 unspecified atom stereocenters. The summed E-state index contributed by atoms with van der Waals surface area (Å²) >= 11 is 5.89. The van der Waals surface area contributed by atoms with E-state index in [4.69, 9.17) is 11.6 Å². The van der Waals surface area contributed by atoms with Gasteiger partial charge in [0.2, 0.25) is 0 Å². The summed E-state index contributed by atoms with van der Waals surface area (Å²) in [4.78, 5) is 3.13. The fraction of sp³-hybridized carbons (Fsp3) is 0.286. The van der Waals surface area contributed by atoms with Gasteiger partial charge in [-0.3, -0.25) is 0 Å². The number of halogens is 2. The molecule has 2 nitrogen and oxygen atoms in total. The van der Waals surface area contributed by atoms with E-state index in [1.807, 2.05) is 20.8 Å². The molecule has 0 aliphatic heterocycles. The molecule has 0 aliphatic rings. The summed E-state index contributed by atoms with van der Waals surface area (Å²) in [6.07, 6.45) is -0.944. The number of aliphatic hydroxyl groups excluding tert-OH is 1. The van der Waals surface area contributed by atoms with E-state index < -0.39 is 11.9 Å². The van der Waals surface area contributed by atoms with Gasteiger partial charge in [-0.1, -0.05) is 23.7 Å². The molecule has 0 radical (unpaired) electrons. The first kappa shape index (κ1) is 13.1. The van der Waals surface area contributed by atoms with Crippen LogP contribution in [0.4, 0.5) is 4.39 Å². The van der Waals surface area contributed by atoms with Crippen LogP contribution in [0.1, 0.15) is 34.2 Å². The van der Waals surface area contributed by atoms with Gasteiger partial charge in [0.25, 0.3) is 0 Å². The first-order valence-corrected chi connectivity index (χ1v) is 6.09. The normalized spacial score (nSPS) is 12.8. The number of rotatable bonds is 2. The van der Waals surface area contributed by atoms with E-state index in [0.717, 1.165) is 16.8 Å². The molecule has 0 saturated carbocycles. The Labute approximate surface area is 110 Å². The third kappa shape index (κ3) is 2.04. The van der Waals surface area contributed by atoms with Crippen LogP contribution in [0.5, 0.6) is 0 Å². The number of aliphatic hydroxyl groups is 1. The van der Waals surface area contributed by atoms with Gasteiger partial charge in [0.15, 0.2) is 0 Å². The zero-order valence-corrected chi connectivity index (χ0v) is 11.3. The summed E-state index contributed by atoms with van der Waals surface area (Å²) in [7, 11) is 0. The van der Waals surface area contributed by atoms with Gasteiger partial charge in [0.1, 0.15) is 11.9 Å². The molecule has 0 fully saturated rings. The molecule has 0 spiro atoms. The summed E-state index contributed by atoms with van der Waals surface area (Å²) in [5, 5.41) is 10.3. The first-order chi connectivity index (χ1) is 8.43. The third-order valence-electron chi connectivity index (χ3n) is 3.40. The Morgan fingerprint density at radius 2 is 1.89 bits per heavy atom. The highest BCUT2D eigenvalue weighted by Gasteiger charge is 2.20. The second-order valence-electron chi connectivity index (χ2n) is 4.46. The van der Waals surface area contributed by atoms with Crippen molar-refractivity contribution < 1.29 is 9.50 Å². The number of H-pyrrole nitrogens is 1. The highest BCUT2D eigenvalue weighted by Crippen LogP contribution is 2.32. The zero-order valence-electron chi connectivity index (χ0n) is 10.5. The third-order valence-corrected chi connectivity index (χ3v) is 3.80. The summed E-state index contributed by atoms with van der Waals surface area (Å²) in [5.74, 6) is -0.522. The number of hydrogen-bond donors (Lipinski definition) is 2. The summed E-state index contributed by atoms with van der Waals surface area (Å²) in [6.45, 7) is 5.83. The maximum atomic E-state index is 13.4. The molecule has 0 aliphatic carbocycles. The lowest BCUT2D eigenvalue weighted by Crippen LogP contribution is -2.03. The Balaban J connectivity index is 2.51. The molecule has 1 heterocycles. The molecule has 2 aromatic rings. The zero-order chi connectivity index (χ0) is 13.4. The number of aromatic amines is 1. The summed E-state index contributed by atoms with van der Waals surface area (Å²) < 4.78 is 13.4. The molecule has 1 atom stereocenters. The molecule has 2 N–H and O–H groups in total. The fourth-order valence-corrected chi connectivity index (χ4v) is 2.26. The molecule has 0 saturated heterocycles. The van der Waals surface area contributed by atoms with Gasteiger partial charge in [0.05, 0.1) is 10.7 Å². The summed E-state index contributed by atoms with van der Waals surface area (Å²) in [6, 6.07) is 4.44. The van der Waals surface area contributed by atoms with Crippen LogP contribution >= 0.6 is 11.6 Å². The minimum atomic E-state index is -0.944. The Morgan fingerprint density at radius 1 is 1.22 bits per heavy atom. The topological polar surface area (TPSA) is 36.0 Å². The van der Waals surface area contributed by atoms with Crippen molar-refractivity contribution >= 4 is 11.6 Å². The van der Waals surface area contributed by atoms with Gasteiger partial charge in [0, 0.05) is 11.3 Å². The molecular formula is C14H15ClFNO. The van der Waals surface area contributed by atoms with E-state index in [-0.39, 0.29) is 5.02 Å². The van der Waals surface area contributed by atoms with Gasteiger partial charge in [-0.2, -0.15) is 0 Å². The van der Waals surface area contributed by atoms with Crippen molar-refractivity contribution in [3.05, 3.63) is 57.1 Å². The molecule has 0 bridgehead atoms. The van der Waals surface area contributed by atoms with Gasteiger partial charge < -0.3 is 10.1 Å². The Morgan fingerprint density at radius 3 is 2.44 bits per heavy atom. The van der Waals surface area contributed by atoms with Gasteiger partial charge in [-0.05, 0) is 38.0 Å². The predicted octanol–water partition coefficient (Wildman–Crippen LogP) is 3.81. The lowest BCUT2D eigenvalue weighted by Gasteiger charge is -2.13. The highest BCUT2D eigenvalue weighted by atomic mass is 35.5. The minimum absolute atomic E-state index is 0.0330. The number of benzene rings is 1. The van der Waals surface area contributed by atoms with Crippen molar-refractivity contribution in [2.24, 2.45) is 0 Å². The average Bonchev–Trinajstić information content (AvgIpc) is 2.60. The minimum Gasteiger partial charge on any atom is -0.382 e. The fourth-order valence-electron chi connectivity index (χ4n) is 2.03. The van der Waals surface area contributed by atoms with Crippen LogP contribution in [0, 0.1) is 26.6 Å². The van der Waals surface area contributed by atoms with Crippen LogP contribution in [-0.2, 0) is 0 Å². The summed E-state index contributed by atoms with van der Waals surface area (Å²) in [5.41, 5.74) is 4.10. The molecule has 1 aromatic carbocycles. The van der Waals surface area contributed by atoms with Crippen molar-refractivity contribution in [1.82, 2.24) is 4.98 Å². The quantitative estimate of drug-likeness (QED) is 0.853. The maximum absolute atomic E-state index is 13.4. The van der Waals surface area contributed by atoms with Crippen molar-refractivity contribution in [3.63, 3.8) is 0 Å². The van der Waals surface area contributed by atoms with E-state index >= 15 is 0 Å². The molecule has 0 amide bonds. The van der Waals surface area contributed by atoms with Crippen LogP contribution in [0.15, 0.2) is 18.2 Å². The van der Waals surface area contributed by atoms with E-state index in [0.29, 0.717) is 11.3 Å². The maximum Gasteiger partial charge on any atom is 0.142 e.